The summed E-state index contributed by atoms with van der Waals surface area (Å²) < 4.78 is 12.4. The lowest BCUT2D eigenvalue weighted by Gasteiger charge is -2.33. The molecule has 0 saturated carbocycles. The topological polar surface area (TPSA) is 30.5 Å². The number of methoxy groups -OCH3 is 1. The second-order valence-electron chi connectivity index (χ2n) is 9.11. The first-order valence-electron chi connectivity index (χ1n) is 9.58. The van der Waals surface area contributed by atoms with Crippen LogP contribution < -0.4 is 14.8 Å². The number of hydrogen-bond acceptors (Lipinski definition) is 3. The summed E-state index contributed by atoms with van der Waals surface area (Å²) in [6.07, 6.45) is 1.07. The second-order valence-corrected chi connectivity index (χ2v) is 10.8. The summed E-state index contributed by atoms with van der Waals surface area (Å²) in [4.78, 5) is 0. The van der Waals surface area contributed by atoms with Gasteiger partial charge in [0.15, 0.2) is 11.5 Å². The zero-order valence-corrected chi connectivity index (χ0v) is 22.3. The van der Waals surface area contributed by atoms with Crippen LogP contribution in [0, 0.1) is 5.41 Å². The molecule has 168 valence electrons. The lowest BCUT2D eigenvalue weighted by molar-refractivity contribution is 0.240. The van der Waals surface area contributed by atoms with Crippen LogP contribution in [0.3, 0.4) is 0 Å². The largest absolute Gasteiger partial charge is 0.493 e. The van der Waals surface area contributed by atoms with Gasteiger partial charge in [-0.3, -0.25) is 0 Å². The molecule has 0 radical (unpaired) electrons. The van der Waals surface area contributed by atoms with E-state index in [0.717, 1.165) is 28.6 Å². The van der Waals surface area contributed by atoms with Crippen molar-refractivity contribution in [2.45, 2.75) is 59.7 Å². The van der Waals surface area contributed by atoms with Gasteiger partial charge in [0.05, 0.1) is 11.6 Å². The first-order valence-corrected chi connectivity index (χ1v) is 11.1. The van der Waals surface area contributed by atoms with Crippen molar-refractivity contribution in [2.24, 2.45) is 5.41 Å². The van der Waals surface area contributed by atoms with Gasteiger partial charge in [-0.15, -0.1) is 12.4 Å². The van der Waals surface area contributed by atoms with Crippen molar-refractivity contribution < 1.29 is 9.47 Å². The van der Waals surface area contributed by atoms with Crippen molar-refractivity contribution >= 4 is 51.5 Å². The lowest BCUT2D eigenvalue weighted by Crippen LogP contribution is -2.41. The van der Waals surface area contributed by atoms with Gasteiger partial charge in [-0.05, 0) is 71.4 Å². The van der Waals surface area contributed by atoms with Crippen molar-refractivity contribution in [3.63, 3.8) is 0 Å². The highest BCUT2D eigenvalue weighted by Crippen LogP contribution is 2.38. The van der Waals surface area contributed by atoms with Gasteiger partial charge < -0.3 is 14.8 Å². The third-order valence-electron chi connectivity index (χ3n) is 4.42. The number of nitrogens with one attached hydrogen (secondary N) is 1. The van der Waals surface area contributed by atoms with Crippen LogP contribution in [0.5, 0.6) is 11.5 Å². The molecule has 0 heterocycles. The molecule has 2 aromatic carbocycles. The SMILES string of the molecule is COc1cc(CNC(C)(C)CC(C)(C)C)cc(Br)c1OCc1ccc(Cl)cc1Cl.Cl. The fourth-order valence-corrected chi connectivity index (χ4v) is 4.60. The molecule has 0 aliphatic carbocycles. The molecule has 3 nitrogen and oxygen atoms in total. The minimum absolute atomic E-state index is 0. The first kappa shape index (κ1) is 27.4. The maximum Gasteiger partial charge on any atom is 0.175 e. The maximum atomic E-state index is 6.25. The zero-order chi connectivity index (χ0) is 21.8. The molecule has 0 atom stereocenters. The molecule has 0 saturated heterocycles. The monoisotopic (exact) mass is 537 g/mol. The summed E-state index contributed by atoms with van der Waals surface area (Å²) in [5.41, 5.74) is 2.26. The molecule has 1 N–H and O–H groups in total. The lowest BCUT2D eigenvalue weighted by atomic mass is 9.82. The smallest absolute Gasteiger partial charge is 0.175 e. The van der Waals surface area contributed by atoms with Gasteiger partial charge in [-0.1, -0.05) is 50.0 Å². The van der Waals surface area contributed by atoms with Crippen molar-refractivity contribution in [3.8, 4) is 11.5 Å². The summed E-state index contributed by atoms with van der Waals surface area (Å²) in [5, 5.41) is 4.83. The zero-order valence-electron chi connectivity index (χ0n) is 18.4. The summed E-state index contributed by atoms with van der Waals surface area (Å²) in [7, 11) is 1.64. The highest BCUT2D eigenvalue weighted by molar-refractivity contribution is 9.10. The molecule has 0 spiro atoms. The van der Waals surface area contributed by atoms with Gasteiger partial charge in [0.1, 0.15) is 6.61 Å². The predicted octanol–water partition coefficient (Wildman–Crippen LogP) is 8.07. The minimum Gasteiger partial charge on any atom is -0.493 e. The Kier molecular flexibility index (Phi) is 10.3. The molecule has 0 amide bonds. The highest BCUT2D eigenvalue weighted by atomic mass is 79.9. The van der Waals surface area contributed by atoms with Crippen LogP contribution in [0.15, 0.2) is 34.8 Å². The molecule has 2 aromatic rings. The van der Waals surface area contributed by atoms with E-state index in [1.807, 2.05) is 12.1 Å². The van der Waals surface area contributed by atoms with Gasteiger partial charge >= 0.3 is 0 Å². The molecular weight excluding hydrogens is 509 g/mol. The van der Waals surface area contributed by atoms with Crippen LogP contribution in [0.1, 0.15) is 52.2 Å². The summed E-state index contributed by atoms with van der Waals surface area (Å²) in [6.45, 7) is 12.3. The predicted molar refractivity (Wildman–Crippen MR) is 134 cm³/mol. The van der Waals surface area contributed by atoms with Crippen LogP contribution in [-0.2, 0) is 13.2 Å². The van der Waals surface area contributed by atoms with Crippen LogP contribution in [0.25, 0.3) is 0 Å². The number of benzene rings is 2. The second kappa shape index (κ2) is 11.3. The van der Waals surface area contributed by atoms with Crippen LogP contribution in [-0.4, -0.2) is 12.6 Å². The highest BCUT2D eigenvalue weighted by Gasteiger charge is 2.25. The standard InChI is InChI=1S/C23H30BrCl2NO2.ClH/c1-22(2,3)14-23(4,5)27-12-15-9-18(24)21(20(10-15)28-6)29-13-16-7-8-17(25)11-19(16)26;/h7-11,27H,12-14H2,1-6H3;1H. The van der Waals surface area contributed by atoms with Crippen LogP contribution in [0.2, 0.25) is 10.0 Å². The molecule has 0 unspecified atom stereocenters. The van der Waals surface area contributed by atoms with Crippen molar-refractivity contribution in [1.29, 1.82) is 0 Å². The molecule has 0 fully saturated rings. The quantitative estimate of drug-likeness (QED) is 0.368. The van der Waals surface area contributed by atoms with Crippen molar-refractivity contribution in [1.82, 2.24) is 5.32 Å². The fourth-order valence-electron chi connectivity index (χ4n) is 3.53. The van der Waals surface area contributed by atoms with E-state index in [9.17, 15) is 0 Å². The van der Waals surface area contributed by atoms with E-state index >= 15 is 0 Å². The van der Waals surface area contributed by atoms with Gasteiger partial charge in [0.25, 0.3) is 0 Å². The fraction of sp³-hybridized carbons (Fsp3) is 0.478. The molecule has 0 aromatic heterocycles. The normalized spacial score (nSPS) is 11.8. The molecule has 0 aliphatic heterocycles. The Labute approximate surface area is 205 Å². The van der Waals surface area contributed by atoms with E-state index < -0.39 is 0 Å². The molecular formula is C23H31BrCl3NO2. The number of ether oxygens (including phenoxy) is 2. The van der Waals surface area contributed by atoms with Crippen LogP contribution in [0.4, 0.5) is 0 Å². The third-order valence-corrected chi connectivity index (χ3v) is 5.60. The Morgan fingerprint density at radius 1 is 1.03 bits per heavy atom. The minimum atomic E-state index is 0. The number of hydrogen-bond donors (Lipinski definition) is 1. The van der Waals surface area contributed by atoms with Gasteiger partial charge in [0.2, 0.25) is 0 Å². The average molecular weight is 540 g/mol. The van der Waals surface area contributed by atoms with Gasteiger partial charge in [-0.2, -0.15) is 0 Å². The van der Waals surface area contributed by atoms with Gasteiger partial charge in [-0.25, -0.2) is 0 Å². The Hall–Kier alpha value is -0.650. The number of halogens is 4. The summed E-state index contributed by atoms with van der Waals surface area (Å²) >= 11 is 15.8. The van der Waals surface area contributed by atoms with Crippen LogP contribution >= 0.6 is 51.5 Å². The van der Waals surface area contributed by atoms with Crippen molar-refractivity contribution in [3.05, 3.63) is 56.0 Å². The van der Waals surface area contributed by atoms with Crippen molar-refractivity contribution in [2.75, 3.05) is 7.11 Å². The molecule has 2 rings (SSSR count). The Morgan fingerprint density at radius 2 is 1.70 bits per heavy atom. The average Bonchev–Trinajstić information content (AvgIpc) is 2.58. The van der Waals surface area contributed by atoms with E-state index in [1.54, 1.807) is 19.2 Å². The Bertz CT molecular complexity index is 851. The van der Waals surface area contributed by atoms with E-state index in [-0.39, 0.29) is 23.4 Å². The molecule has 7 heteroatoms. The van der Waals surface area contributed by atoms with Gasteiger partial charge in [0, 0.05) is 27.7 Å². The van der Waals surface area contributed by atoms with E-state index in [2.05, 4.69) is 61.9 Å². The van der Waals surface area contributed by atoms with E-state index in [0.29, 0.717) is 28.2 Å². The molecule has 0 aliphatic rings. The summed E-state index contributed by atoms with van der Waals surface area (Å²) in [5.74, 6) is 1.33. The van der Waals surface area contributed by atoms with E-state index in [4.69, 9.17) is 32.7 Å². The molecule has 30 heavy (non-hydrogen) atoms. The summed E-state index contributed by atoms with van der Waals surface area (Å²) in [6, 6.07) is 9.43. The number of rotatable bonds is 8. The van der Waals surface area contributed by atoms with E-state index in [1.165, 1.54) is 0 Å². The maximum absolute atomic E-state index is 6.25. The third kappa shape index (κ3) is 8.47. The first-order chi connectivity index (χ1) is 13.4. The Balaban J connectivity index is 0.00000450. The Morgan fingerprint density at radius 3 is 2.27 bits per heavy atom. The molecule has 0 bridgehead atoms.